The molecule has 9 heteroatoms. The first-order valence-electron chi connectivity index (χ1n) is 6.85. The molecule has 0 bridgehead atoms. The Morgan fingerprint density at radius 3 is 2.82 bits per heavy atom. The third-order valence-corrected chi connectivity index (χ3v) is 3.76. The van der Waals surface area contributed by atoms with Gasteiger partial charge in [0.15, 0.2) is 5.82 Å². The zero-order valence-corrected chi connectivity index (χ0v) is 13.8. The molecule has 2 aromatic heterocycles. The van der Waals surface area contributed by atoms with E-state index in [-0.39, 0.29) is 17.7 Å². The second-order valence-electron chi connectivity index (χ2n) is 4.95. The Balaban J connectivity index is 1.86. The first kappa shape index (κ1) is 16.5. The Hall–Kier alpha value is -1.87. The second-order valence-corrected chi connectivity index (χ2v) is 5.88. The minimum atomic E-state index is -0.210. The van der Waals surface area contributed by atoms with Crippen LogP contribution in [0.15, 0.2) is 20.2 Å². The molecule has 0 saturated heterocycles. The Kier molecular flexibility index (Phi) is 5.56. The molecule has 22 heavy (non-hydrogen) atoms. The summed E-state index contributed by atoms with van der Waals surface area (Å²) < 4.78 is 10.5. The number of aryl methyl sites for hydroxylation is 1. The van der Waals surface area contributed by atoms with Gasteiger partial charge >= 0.3 is 0 Å². The number of thioether (sulfide) groups is 1. The number of hydrogen-bond acceptors (Lipinski definition) is 8. The topological polar surface area (TPSA) is 97.3 Å². The summed E-state index contributed by atoms with van der Waals surface area (Å²) in [6, 6.07) is 1.73. The van der Waals surface area contributed by atoms with E-state index in [1.54, 1.807) is 13.0 Å². The highest BCUT2D eigenvalue weighted by Crippen LogP contribution is 2.24. The molecule has 0 saturated carbocycles. The molecule has 1 N–H and O–H groups in total. The first-order valence-corrected chi connectivity index (χ1v) is 7.84. The smallest absolute Gasteiger partial charge is 0.277 e. The van der Waals surface area contributed by atoms with Crippen molar-refractivity contribution in [2.45, 2.75) is 31.5 Å². The maximum absolute atomic E-state index is 11.8. The lowest BCUT2D eigenvalue weighted by Crippen LogP contribution is -2.19. The third kappa shape index (κ3) is 4.31. The number of carbonyl (C=O) groups excluding carboxylic acids is 1. The minimum absolute atomic E-state index is 0.0776. The van der Waals surface area contributed by atoms with Crippen LogP contribution in [0, 0.1) is 6.92 Å². The number of anilines is 1. The van der Waals surface area contributed by atoms with E-state index in [1.807, 2.05) is 19.0 Å². The quantitative estimate of drug-likeness (QED) is 0.773. The maximum atomic E-state index is 11.8. The average Bonchev–Trinajstić information content (AvgIpc) is 3.07. The lowest BCUT2D eigenvalue weighted by molar-refractivity contribution is -0.113. The SMILES string of the molecule is CC[C@H](c1nnc(SCC(=O)Nc2cc(C)on2)o1)N(C)C. The van der Waals surface area contributed by atoms with Gasteiger partial charge in [-0.05, 0) is 27.4 Å². The largest absolute Gasteiger partial charge is 0.414 e. The van der Waals surface area contributed by atoms with Crippen molar-refractivity contribution in [2.24, 2.45) is 0 Å². The number of rotatable bonds is 7. The number of aromatic nitrogens is 3. The van der Waals surface area contributed by atoms with Gasteiger partial charge in [-0.3, -0.25) is 9.69 Å². The van der Waals surface area contributed by atoms with Gasteiger partial charge in [-0.1, -0.05) is 23.8 Å². The Bertz CT molecular complexity index is 625. The Labute approximate surface area is 132 Å². The van der Waals surface area contributed by atoms with Crippen LogP contribution < -0.4 is 5.32 Å². The standard InChI is InChI=1S/C13H19N5O3S/c1-5-9(18(3)4)12-15-16-13(20-12)22-7-11(19)14-10-6-8(2)21-17-10/h6,9H,5,7H2,1-4H3,(H,14,17,19)/t9-/m1/s1. The fraction of sp³-hybridized carbons (Fsp3) is 0.538. The summed E-state index contributed by atoms with van der Waals surface area (Å²) in [7, 11) is 3.91. The predicted octanol–water partition coefficient (Wildman–Crippen LogP) is 2.11. The lowest BCUT2D eigenvalue weighted by Gasteiger charge is -2.18. The Morgan fingerprint density at radius 1 is 1.45 bits per heavy atom. The molecule has 0 radical (unpaired) electrons. The van der Waals surface area contributed by atoms with Gasteiger partial charge in [0.2, 0.25) is 11.8 Å². The minimum Gasteiger partial charge on any atom is -0.414 e. The van der Waals surface area contributed by atoms with Crippen molar-refractivity contribution in [2.75, 3.05) is 25.2 Å². The second kappa shape index (κ2) is 7.41. The van der Waals surface area contributed by atoms with Crippen molar-refractivity contribution in [1.29, 1.82) is 0 Å². The van der Waals surface area contributed by atoms with Crippen LogP contribution in [-0.4, -0.2) is 46.0 Å². The van der Waals surface area contributed by atoms with Crippen LogP contribution in [0.5, 0.6) is 0 Å². The van der Waals surface area contributed by atoms with E-state index >= 15 is 0 Å². The Morgan fingerprint density at radius 2 is 2.23 bits per heavy atom. The fourth-order valence-corrected chi connectivity index (χ4v) is 2.48. The molecule has 1 amide bonds. The number of carbonyl (C=O) groups is 1. The van der Waals surface area contributed by atoms with Crippen molar-refractivity contribution >= 4 is 23.5 Å². The van der Waals surface area contributed by atoms with Gasteiger partial charge in [0, 0.05) is 6.07 Å². The highest BCUT2D eigenvalue weighted by molar-refractivity contribution is 7.99. The molecule has 2 heterocycles. The van der Waals surface area contributed by atoms with Crippen molar-refractivity contribution < 1.29 is 13.7 Å². The van der Waals surface area contributed by atoms with Crippen molar-refractivity contribution in [3.05, 3.63) is 17.7 Å². The van der Waals surface area contributed by atoms with E-state index in [0.29, 0.717) is 22.7 Å². The number of hydrogen-bond donors (Lipinski definition) is 1. The van der Waals surface area contributed by atoms with Crippen molar-refractivity contribution in [1.82, 2.24) is 20.3 Å². The van der Waals surface area contributed by atoms with E-state index < -0.39 is 0 Å². The molecule has 0 aliphatic carbocycles. The molecule has 0 aliphatic rings. The van der Waals surface area contributed by atoms with Gasteiger partial charge in [-0.15, -0.1) is 10.2 Å². The zero-order valence-electron chi connectivity index (χ0n) is 13.0. The van der Waals surface area contributed by atoms with Gasteiger partial charge in [0.05, 0.1) is 11.8 Å². The van der Waals surface area contributed by atoms with E-state index in [2.05, 4.69) is 27.6 Å². The lowest BCUT2D eigenvalue weighted by atomic mass is 10.2. The van der Waals surface area contributed by atoms with Crippen molar-refractivity contribution in [3.8, 4) is 0 Å². The van der Waals surface area contributed by atoms with Crippen LogP contribution in [0.2, 0.25) is 0 Å². The number of amides is 1. The highest BCUT2D eigenvalue weighted by atomic mass is 32.2. The zero-order chi connectivity index (χ0) is 16.1. The predicted molar refractivity (Wildman–Crippen MR) is 81.6 cm³/mol. The average molecular weight is 325 g/mol. The molecule has 0 aromatic carbocycles. The molecule has 0 aliphatic heterocycles. The van der Waals surface area contributed by atoms with Gasteiger partial charge in [-0.25, -0.2) is 0 Å². The van der Waals surface area contributed by atoms with Crippen LogP contribution in [0.25, 0.3) is 0 Å². The third-order valence-electron chi connectivity index (χ3n) is 2.94. The van der Waals surface area contributed by atoms with Crippen LogP contribution in [0.3, 0.4) is 0 Å². The monoisotopic (exact) mass is 325 g/mol. The molecular weight excluding hydrogens is 306 g/mol. The molecule has 8 nitrogen and oxygen atoms in total. The molecule has 1 atom stereocenters. The normalized spacial score (nSPS) is 12.6. The van der Waals surface area contributed by atoms with Crippen LogP contribution >= 0.6 is 11.8 Å². The van der Waals surface area contributed by atoms with E-state index in [9.17, 15) is 4.79 Å². The molecule has 0 unspecified atom stereocenters. The van der Waals surface area contributed by atoms with Crippen LogP contribution in [0.4, 0.5) is 5.82 Å². The maximum Gasteiger partial charge on any atom is 0.277 e. The molecular formula is C13H19N5O3S. The summed E-state index contributed by atoms with van der Waals surface area (Å²) in [6.45, 7) is 3.81. The number of nitrogens with one attached hydrogen (secondary N) is 1. The highest BCUT2D eigenvalue weighted by Gasteiger charge is 2.19. The molecule has 120 valence electrons. The molecule has 0 spiro atoms. The van der Waals surface area contributed by atoms with Crippen LogP contribution in [-0.2, 0) is 4.79 Å². The summed E-state index contributed by atoms with van der Waals surface area (Å²) in [5.41, 5.74) is 0. The number of nitrogens with zero attached hydrogens (tertiary/aromatic N) is 4. The summed E-state index contributed by atoms with van der Waals surface area (Å²) in [6.07, 6.45) is 0.866. The van der Waals surface area contributed by atoms with Crippen LogP contribution in [0.1, 0.15) is 31.0 Å². The summed E-state index contributed by atoms with van der Waals surface area (Å²) >= 11 is 1.19. The van der Waals surface area contributed by atoms with E-state index in [4.69, 9.17) is 8.94 Å². The summed E-state index contributed by atoms with van der Waals surface area (Å²) in [5, 5.41) is 14.7. The molecule has 0 fully saturated rings. The molecule has 2 aromatic rings. The first-order chi connectivity index (χ1) is 10.5. The van der Waals surface area contributed by atoms with Gasteiger partial charge in [0.25, 0.3) is 5.22 Å². The van der Waals surface area contributed by atoms with Crippen molar-refractivity contribution in [3.63, 3.8) is 0 Å². The van der Waals surface area contributed by atoms with Gasteiger partial charge in [-0.2, -0.15) is 0 Å². The summed E-state index contributed by atoms with van der Waals surface area (Å²) in [5.74, 6) is 1.54. The van der Waals surface area contributed by atoms with E-state index in [0.717, 1.165) is 6.42 Å². The van der Waals surface area contributed by atoms with E-state index in [1.165, 1.54) is 11.8 Å². The summed E-state index contributed by atoms with van der Waals surface area (Å²) in [4.78, 5) is 13.8. The van der Waals surface area contributed by atoms with Gasteiger partial charge in [0.1, 0.15) is 5.76 Å². The van der Waals surface area contributed by atoms with Gasteiger partial charge < -0.3 is 14.3 Å². The molecule has 2 rings (SSSR count). The fourth-order valence-electron chi connectivity index (χ4n) is 1.91.